The normalized spacial score (nSPS) is 16.2. The first-order chi connectivity index (χ1) is 11.0. The average Bonchev–Trinajstić information content (AvgIpc) is 3.15. The second kappa shape index (κ2) is 5.30. The van der Waals surface area contributed by atoms with Crippen molar-refractivity contribution in [1.29, 1.82) is 0 Å². The molecule has 1 atom stereocenters. The first-order valence-electron chi connectivity index (χ1n) is 6.73. The number of hydrogen-bond donors (Lipinski definition) is 1. The van der Waals surface area contributed by atoms with Crippen molar-refractivity contribution in [2.45, 2.75) is 18.8 Å². The standard InChI is InChI=1S/C13H13N5O5/c1-22-10(20)7-5-3-4-6(9(19)11(21)23-2)8(5)18-12(14)16-17-13(18)15-7/h6H,3-4H2,1-2H3,(H2,14,16). The van der Waals surface area contributed by atoms with Gasteiger partial charge in [0.25, 0.3) is 5.78 Å². The SMILES string of the molecule is COC(=O)C(=O)C1CCc2c(C(=O)OC)nc3nnc(N)n3c21. The summed E-state index contributed by atoms with van der Waals surface area (Å²) in [4.78, 5) is 39.9. The van der Waals surface area contributed by atoms with Crippen LogP contribution >= 0.6 is 0 Å². The molecule has 0 aliphatic heterocycles. The fourth-order valence-electron chi connectivity index (χ4n) is 2.82. The van der Waals surface area contributed by atoms with Gasteiger partial charge in [0.1, 0.15) is 0 Å². The molecule has 3 rings (SSSR count). The Balaban J connectivity index is 2.27. The Kier molecular flexibility index (Phi) is 3.43. The quantitative estimate of drug-likeness (QED) is 0.572. The number of ether oxygens (including phenoxy) is 2. The van der Waals surface area contributed by atoms with Gasteiger partial charge in [0.05, 0.1) is 20.1 Å². The lowest BCUT2D eigenvalue weighted by Gasteiger charge is -2.13. The van der Waals surface area contributed by atoms with Crippen molar-refractivity contribution in [2.24, 2.45) is 0 Å². The van der Waals surface area contributed by atoms with Gasteiger partial charge < -0.3 is 15.2 Å². The number of methoxy groups -OCH3 is 2. The second-order valence-electron chi connectivity index (χ2n) is 4.96. The van der Waals surface area contributed by atoms with Crippen molar-refractivity contribution >= 4 is 29.4 Å². The Morgan fingerprint density at radius 3 is 2.61 bits per heavy atom. The predicted molar refractivity (Wildman–Crippen MR) is 74.6 cm³/mol. The highest BCUT2D eigenvalue weighted by atomic mass is 16.5. The molecule has 2 N–H and O–H groups in total. The molecule has 0 amide bonds. The van der Waals surface area contributed by atoms with Gasteiger partial charge in [-0.05, 0) is 12.8 Å². The fraction of sp³-hybridized carbons (Fsp3) is 0.385. The van der Waals surface area contributed by atoms with E-state index in [0.717, 1.165) is 7.11 Å². The summed E-state index contributed by atoms with van der Waals surface area (Å²) < 4.78 is 10.6. The Hall–Kier alpha value is -3.04. The molecule has 2 aromatic rings. The lowest BCUT2D eigenvalue weighted by atomic mass is 10.0. The molecule has 0 spiro atoms. The van der Waals surface area contributed by atoms with E-state index in [1.54, 1.807) is 0 Å². The van der Waals surface area contributed by atoms with E-state index in [1.165, 1.54) is 11.5 Å². The zero-order valence-corrected chi connectivity index (χ0v) is 12.4. The second-order valence-corrected chi connectivity index (χ2v) is 4.96. The lowest BCUT2D eigenvalue weighted by molar-refractivity contribution is -0.152. The Labute approximate surface area is 129 Å². The minimum atomic E-state index is -0.959. The van der Waals surface area contributed by atoms with Crippen molar-refractivity contribution in [3.63, 3.8) is 0 Å². The molecule has 0 aromatic carbocycles. The van der Waals surface area contributed by atoms with E-state index in [1.807, 2.05) is 0 Å². The van der Waals surface area contributed by atoms with Gasteiger partial charge >= 0.3 is 11.9 Å². The van der Waals surface area contributed by atoms with Crippen LogP contribution in [-0.2, 0) is 25.5 Å². The number of ketones is 1. The van der Waals surface area contributed by atoms with Gasteiger partial charge in [0, 0.05) is 11.3 Å². The van der Waals surface area contributed by atoms with Crippen LogP contribution in [0.2, 0.25) is 0 Å². The van der Waals surface area contributed by atoms with E-state index in [2.05, 4.69) is 19.9 Å². The van der Waals surface area contributed by atoms with Gasteiger partial charge in [-0.2, -0.15) is 0 Å². The van der Waals surface area contributed by atoms with Crippen LogP contribution in [0.5, 0.6) is 0 Å². The van der Waals surface area contributed by atoms with Crippen LogP contribution < -0.4 is 5.73 Å². The van der Waals surface area contributed by atoms with Crippen molar-refractivity contribution in [1.82, 2.24) is 19.6 Å². The molecule has 23 heavy (non-hydrogen) atoms. The average molecular weight is 319 g/mol. The Morgan fingerprint density at radius 2 is 1.96 bits per heavy atom. The van der Waals surface area contributed by atoms with Gasteiger partial charge in [0.2, 0.25) is 11.7 Å². The monoisotopic (exact) mass is 319 g/mol. The molecule has 2 aromatic heterocycles. The summed E-state index contributed by atoms with van der Waals surface area (Å²) in [5, 5.41) is 7.48. The zero-order valence-electron chi connectivity index (χ0n) is 12.4. The van der Waals surface area contributed by atoms with E-state index in [9.17, 15) is 14.4 Å². The van der Waals surface area contributed by atoms with E-state index < -0.39 is 23.6 Å². The highest BCUT2D eigenvalue weighted by molar-refractivity contribution is 6.36. The largest absolute Gasteiger partial charge is 0.464 e. The third-order valence-electron chi connectivity index (χ3n) is 3.81. The highest BCUT2D eigenvalue weighted by Crippen LogP contribution is 2.36. The summed E-state index contributed by atoms with van der Waals surface area (Å²) in [6.45, 7) is 0. The number of rotatable bonds is 3. The molecule has 2 heterocycles. The van der Waals surface area contributed by atoms with Crippen LogP contribution in [0.15, 0.2) is 0 Å². The predicted octanol–water partition coefficient (Wildman–Crippen LogP) is -0.735. The maximum atomic E-state index is 12.3. The maximum absolute atomic E-state index is 12.3. The molecule has 1 aliphatic rings. The maximum Gasteiger partial charge on any atom is 0.375 e. The van der Waals surface area contributed by atoms with Gasteiger partial charge in [-0.15, -0.1) is 10.2 Å². The number of nitrogens with two attached hydrogens (primary N) is 1. The van der Waals surface area contributed by atoms with Crippen molar-refractivity contribution < 1.29 is 23.9 Å². The molecule has 120 valence electrons. The number of carbonyl (C=O) groups is 3. The van der Waals surface area contributed by atoms with E-state index in [0.29, 0.717) is 24.1 Å². The molecule has 0 fully saturated rings. The lowest BCUT2D eigenvalue weighted by Crippen LogP contribution is -2.24. The fourth-order valence-corrected chi connectivity index (χ4v) is 2.82. The van der Waals surface area contributed by atoms with Gasteiger partial charge in [-0.25, -0.2) is 19.0 Å². The third-order valence-corrected chi connectivity index (χ3v) is 3.81. The summed E-state index contributed by atoms with van der Waals surface area (Å²) in [5.74, 6) is -3.06. The molecule has 0 saturated heterocycles. The number of anilines is 1. The number of hydrogen-bond acceptors (Lipinski definition) is 9. The number of fused-ring (bicyclic) bond motifs is 3. The number of esters is 2. The molecular formula is C13H13N5O5. The zero-order chi connectivity index (χ0) is 16.7. The van der Waals surface area contributed by atoms with Gasteiger partial charge in [-0.1, -0.05) is 0 Å². The highest BCUT2D eigenvalue weighted by Gasteiger charge is 2.39. The molecule has 1 unspecified atom stereocenters. The first kappa shape index (κ1) is 14.9. The third kappa shape index (κ3) is 2.10. The van der Waals surface area contributed by atoms with E-state index in [-0.39, 0.29) is 17.4 Å². The molecule has 0 bridgehead atoms. The summed E-state index contributed by atoms with van der Waals surface area (Å²) >= 11 is 0. The van der Waals surface area contributed by atoms with Crippen molar-refractivity contribution in [3.8, 4) is 0 Å². The Morgan fingerprint density at radius 1 is 1.22 bits per heavy atom. The first-order valence-corrected chi connectivity index (χ1v) is 6.73. The van der Waals surface area contributed by atoms with Crippen LogP contribution in [0.1, 0.15) is 34.1 Å². The molecule has 1 aliphatic carbocycles. The molecule has 10 heteroatoms. The number of carbonyl (C=O) groups excluding carboxylic acids is 3. The van der Waals surface area contributed by atoms with Crippen molar-refractivity contribution in [2.75, 3.05) is 20.0 Å². The summed E-state index contributed by atoms with van der Waals surface area (Å²) in [5.41, 5.74) is 6.71. The smallest absolute Gasteiger partial charge is 0.375 e. The van der Waals surface area contributed by atoms with E-state index >= 15 is 0 Å². The van der Waals surface area contributed by atoms with Gasteiger partial charge in [-0.3, -0.25) is 4.79 Å². The Bertz CT molecular complexity index is 843. The summed E-state index contributed by atoms with van der Waals surface area (Å²) in [7, 11) is 2.36. The van der Waals surface area contributed by atoms with Crippen LogP contribution in [0.3, 0.4) is 0 Å². The number of nitrogens with zero attached hydrogens (tertiary/aromatic N) is 4. The van der Waals surface area contributed by atoms with Crippen LogP contribution in [0.25, 0.3) is 5.78 Å². The summed E-state index contributed by atoms with van der Waals surface area (Å²) in [6.07, 6.45) is 0.694. The van der Waals surface area contributed by atoms with Crippen LogP contribution in [0.4, 0.5) is 5.95 Å². The molecular weight excluding hydrogens is 306 g/mol. The van der Waals surface area contributed by atoms with Gasteiger partial charge in [0.15, 0.2) is 5.69 Å². The number of aromatic nitrogens is 4. The minimum Gasteiger partial charge on any atom is -0.464 e. The van der Waals surface area contributed by atoms with Crippen LogP contribution in [-0.4, -0.2) is 51.5 Å². The molecule has 10 nitrogen and oxygen atoms in total. The number of Topliss-reactive ketones (excluding diaryl/α,β-unsaturated/α-hetero) is 1. The van der Waals surface area contributed by atoms with E-state index in [4.69, 9.17) is 10.5 Å². The topological polar surface area (TPSA) is 139 Å². The molecule has 0 saturated carbocycles. The molecule has 0 radical (unpaired) electrons. The number of nitrogen functional groups attached to an aromatic ring is 1. The van der Waals surface area contributed by atoms with Crippen molar-refractivity contribution in [3.05, 3.63) is 17.0 Å². The summed E-state index contributed by atoms with van der Waals surface area (Å²) in [6, 6.07) is 0. The van der Waals surface area contributed by atoms with Crippen LogP contribution in [0, 0.1) is 0 Å². The minimum absolute atomic E-state index is 0.0183.